The van der Waals surface area contributed by atoms with Crippen molar-refractivity contribution in [2.45, 2.75) is 25.3 Å². The van der Waals surface area contributed by atoms with E-state index in [1.165, 1.54) is 0 Å². The first-order chi connectivity index (χ1) is 10.1. The van der Waals surface area contributed by atoms with Gasteiger partial charge >= 0.3 is 6.18 Å². The highest BCUT2D eigenvalue weighted by Gasteiger charge is 2.47. The molecule has 126 valence electrons. The van der Waals surface area contributed by atoms with Gasteiger partial charge in [0.25, 0.3) is 11.9 Å². The van der Waals surface area contributed by atoms with Crippen molar-refractivity contribution in [1.82, 2.24) is 4.98 Å². The van der Waals surface area contributed by atoms with Gasteiger partial charge in [0.15, 0.2) is 17.7 Å². The highest BCUT2D eigenvalue weighted by molar-refractivity contribution is 5.21. The predicted molar refractivity (Wildman–Crippen MR) is 59.8 cm³/mol. The van der Waals surface area contributed by atoms with E-state index in [9.17, 15) is 30.7 Å². The summed E-state index contributed by atoms with van der Waals surface area (Å²) in [6, 6.07) is 0. The van der Waals surface area contributed by atoms with Crippen molar-refractivity contribution in [1.29, 1.82) is 0 Å². The molecule has 3 unspecified atom stereocenters. The molecule has 0 radical (unpaired) electrons. The molecular weight excluding hydrogens is 323 g/mol. The number of halogens is 7. The maximum absolute atomic E-state index is 13.7. The Labute approximate surface area is 121 Å². The average Bonchev–Trinajstić information content (AvgIpc) is 2.40. The molecular formula is C12H12F7NO2. The Bertz CT molecular complexity index is 509. The van der Waals surface area contributed by atoms with Crippen LogP contribution in [0.1, 0.15) is 18.6 Å². The quantitative estimate of drug-likeness (QED) is 0.609. The molecule has 1 aromatic rings. The van der Waals surface area contributed by atoms with Crippen molar-refractivity contribution >= 4 is 0 Å². The summed E-state index contributed by atoms with van der Waals surface area (Å²) in [5.41, 5.74) is -1.31. The molecule has 3 nitrogen and oxygen atoms in total. The van der Waals surface area contributed by atoms with Crippen molar-refractivity contribution in [3.05, 3.63) is 29.1 Å². The van der Waals surface area contributed by atoms with Crippen LogP contribution >= 0.6 is 0 Å². The van der Waals surface area contributed by atoms with E-state index in [4.69, 9.17) is 0 Å². The molecule has 22 heavy (non-hydrogen) atoms. The van der Waals surface area contributed by atoms with Gasteiger partial charge < -0.3 is 9.47 Å². The zero-order valence-electron chi connectivity index (χ0n) is 11.6. The highest BCUT2D eigenvalue weighted by atomic mass is 19.4. The molecule has 0 amide bonds. The molecule has 3 atom stereocenters. The van der Waals surface area contributed by atoms with Crippen LogP contribution in [0.5, 0.6) is 0 Å². The summed E-state index contributed by atoms with van der Waals surface area (Å²) in [6.07, 6.45) is -9.28. The van der Waals surface area contributed by atoms with Gasteiger partial charge in [-0.05, 0) is 0 Å². The smallest absolute Gasteiger partial charge is 0.376 e. The molecule has 10 heteroatoms. The molecule has 0 aromatic carbocycles. The van der Waals surface area contributed by atoms with Gasteiger partial charge in [-0.3, -0.25) is 0 Å². The second-order valence-corrected chi connectivity index (χ2v) is 4.45. The third-order valence-corrected chi connectivity index (χ3v) is 3.10. The Kier molecular flexibility index (Phi) is 5.74. The van der Waals surface area contributed by atoms with Crippen LogP contribution in [0.2, 0.25) is 0 Å². The molecule has 0 saturated carbocycles. The zero-order valence-corrected chi connectivity index (χ0v) is 11.6. The number of pyridine rings is 1. The number of rotatable bonds is 5. The van der Waals surface area contributed by atoms with Crippen LogP contribution in [0, 0.1) is 29.4 Å². The monoisotopic (exact) mass is 335 g/mol. The summed E-state index contributed by atoms with van der Waals surface area (Å²) in [4.78, 5) is 2.33. The van der Waals surface area contributed by atoms with Crippen LogP contribution in [0.15, 0.2) is 0 Å². The molecule has 0 aliphatic heterocycles. The lowest BCUT2D eigenvalue weighted by atomic mass is 9.91. The summed E-state index contributed by atoms with van der Waals surface area (Å²) in [7, 11) is 1.58. The molecule has 0 fully saturated rings. The molecule has 0 aliphatic rings. The van der Waals surface area contributed by atoms with Crippen LogP contribution in [0.3, 0.4) is 0 Å². The lowest BCUT2D eigenvalue weighted by Gasteiger charge is -2.31. The molecule has 0 aliphatic carbocycles. The normalized spacial score (nSPS) is 16.5. The van der Waals surface area contributed by atoms with Gasteiger partial charge in [0.05, 0.1) is 11.7 Å². The van der Waals surface area contributed by atoms with Crippen LogP contribution in [0.4, 0.5) is 30.7 Å². The van der Waals surface area contributed by atoms with E-state index in [0.29, 0.717) is 0 Å². The van der Waals surface area contributed by atoms with E-state index in [0.717, 1.165) is 21.1 Å². The van der Waals surface area contributed by atoms with Gasteiger partial charge in [0.1, 0.15) is 0 Å². The zero-order chi connectivity index (χ0) is 17.2. The first kappa shape index (κ1) is 18.6. The number of methoxy groups -OCH3 is 2. The fourth-order valence-corrected chi connectivity index (χ4v) is 2.15. The number of alkyl halides is 3. The number of hydrogen-bond donors (Lipinski definition) is 0. The minimum absolute atomic E-state index is 0.738. The first-order valence-corrected chi connectivity index (χ1v) is 5.88. The summed E-state index contributed by atoms with van der Waals surface area (Å²) in [5, 5.41) is 0. The minimum atomic E-state index is -4.87. The molecule has 1 rings (SSSR count). The number of aromatic nitrogens is 1. The first-order valence-electron chi connectivity index (χ1n) is 5.88. The molecule has 0 saturated heterocycles. The van der Waals surface area contributed by atoms with Gasteiger partial charge in [-0.15, -0.1) is 0 Å². The molecule has 0 bridgehead atoms. The second kappa shape index (κ2) is 6.78. The van der Waals surface area contributed by atoms with Crippen LogP contribution in [0.25, 0.3) is 0 Å². The Morgan fingerprint density at radius 2 is 1.36 bits per heavy atom. The number of ether oxygens (including phenoxy) is 2. The lowest BCUT2D eigenvalue weighted by Crippen LogP contribution is -2.40. The fourth-order valence-electron chi connectivity index (χ4n) is 2.15. The van der Waals surface area contributed by atoms with Crippen LogP contribution in [-0.4, -0.2) is 31.5 Å². The number of nitrogens with zero attached hydrogens (tertiary/aromatic N) is 1. The van der Waals surface area contributed by atoms with E-state index >= 15 is 0 Å². The van der Waals surface area contributed by atoms with E-state index in [1.54, 1.807) is 0 Å². The summed E-state index contributed by atoms with van der Waals surface area (Å²) < 4.78 is 101. The van der Waals surface area contributed by atoms with Crippen molar-refractivity contribution in [3.8, 4) is 0 Å². The average molecular weight is 335 g/mol. The highest BCUT2D eigenvalue weighted by Crippen LogP contribution is 2.38. The standard InChI is InChI=1S/C12H12F7NO2/c1-4(9(22-3)12(17,18)19)8(21-2)5-6(13)10(15)20-11(16)7(5)14/h4,8-9H,1-3H3. The molecule has 0 N–H and O–H groups in total. The SMILES string of the molecule is COC(c1c(F)c(F)nc(F)c1F)C(C)C(OC)C(F)(F)F. The van der Waals surface area contributed by atoms with Crippen molar-refractivity contribution < 1.29 is 40.2 Å². The number of hydrogen-bond acceptors (Lipinski definition) is 3. The van der Waals surface area contributed by atoms with Crippen LogP contribution < -0.4 is 0 Å². The van der Waals surface area contributed by atoms with E-state index < -0.39 is 53.4 Å². The van der Waals surface area contributed by atoms with Gasteiger partial charge in [0.2, 0.25) is 0 Å². The third kappa shape index (κ3) is 3.49. The van der Waals surface area contributed by atoms with E-state index in [2.05, 4.69) is 14.5 Å². The van der Waals surface area contributed by atoms with Crippen molar-refractivity contribution in [2.75, 3.05) is 14.2 Å². The Hall–Kier alpha value is -1.42. The Morgan fingerprint density at radius 3 is 1.68 bits per heavy atom. The van der Waals surface area contributed by atoms with E-state index in [-0.39, 0.29) is 0 Å². The third-order valence-electron chi connectivity index (χ3n) is 3.10. The van der Waals surface area contributed by atoms with Gasteiger partial charge in [-0.2, -0.15) is 26.9 Å². The van der Waals surface area contributed by atoms with E-state index in [1.807, 2.05) is 0 Å². The summed E-state index contributed by atoms with van der Waals surface area (Å²) in [5.74, 6) is -9.50. The maximum atomic E-state index is 13.7. The molecule has 0 spiro atoms. The molecule has 1 aromatic heterocycles. The van der Waals surface area contributed by atoms with Crippen molar-refractivity contribution in [2.24, 2.45) is 5.92 Å². The second-order valence-electron chi connectivity index (χ2n) is 4.45. The van der Waals surface area contributed by atoms with Gasteiger partial charge in [0, 0.05) is 20.1 Å². The molecule has 1 heterocycles. The lowest BCUT2D eigenvalue weighted by molar-refractivity contribution is -0.237. The Morgan fingerprint density at radius 1 is 0.909 bits per heavy atom. The topological polar surface area (TPSA) is 31.4 Å². The van der Waals surface area contributed by atoms with Gasteiger partial charge in [-0.25, -0.2) is 8.78 Å². The largest absolute Gasteiger partial charge is 0.414 e. The minimum Gasteiger partial charge on any atom is -0.376 e. The van der Waals surface area contributed by atoms with Crippen molar-refractivity contribution in [3.63, 3.8) is 0 Å². The van der Waals surface area contributed by atoms with Crippen LogP contribution in [-0.2, 0) is 9.47 Å². The summed E-state index contributed by atoms with van der Waals surface area (Å²) >= 11 is 0. The Balaban J connectivity index is 3.39. The predicted octanol–water partition coefficient (Wildman–Crippen LogP) is 3.54. The maximum Gasteiger partial charge on any atom is 0.414 e. The van der Waals surface area contributed by atoms with Gasteiger partial charge in [-0.1, -0.05) is 6.92 Å². The summed E-state index contributed by atoms with van der Waals surface area (Å²) in [6.45, 7) is 0.922. The fraction of sp³-hybridized carbons (Fsp3) is 0.583.